The van der Waals surface area contributed by atoms with Gasteiger partial charge in [0.2, 0.25) is 0 Å². The molecule has 3 aliphatic heterocycles. The van der Waals surface area contributed by atoms with Crippen LogP contribution in [0.15, 0.2) is 54.1 Å². The molecule has 2 fully saturated rings. The van der Waals surface area contributed by atoms with Crippen LogP contribution in [0.2, 0.25) is 5.02 Å². The molecule has 2 saturated heterocycles. The number of aliphatic hydroxyl groups is 1. The maximum Gasteiger partial charge on any atom is 0.423 e. The van der Waals surface area contributed by atoms with Crippen molar-refractivity contribution in [2.45, 2.75) is 82.0 Å². The molecule has 4 bridgehead atoms. The molecule has 0 unspecified atom stereocenters. The van der Waals surface area contributed by atoms with Crippen molar-refractivity contribution in [1.82, 2.24) is 5.32 Å². The van der Waals surface area contributed by atoms with Crippen LogP contribution in [0.5, 0.6) is 0 Å². The predicted octanol–water partition coefficient (Wildman–Crippen LogP) is 6.58. The van der Waals surface area contributed by atoms with Crippen LogP contribution >= 0.6 is 11.6 Å². The molecule has 0 spiro atoms. The average Bonchev–Trinajstić information content (AvgIpc) is 3.79. The summed E-state index contributed by atoms with van der Waals surface area (Å²) in [6, 6.07) is 5.49. The van der Waals surface area contributed by atoms with Gasteiger partial charge in [-0.25, -0.2) is 9.59 Å². The number of methoxy groups -OCH3 is 1. The van der Waals surface area contributed by atoms with E-state index in [-0.39, 0.29) is 30.0 Å². The smallest absolute Gasteiger partial charge is 0.423 e. The Bertz CT molecular complexity index is 1880. The third-order valence-corrected chi connectivity index (χ3v) is 10.4. The number of nitro groups is 1. The van der Waals surface area contributed by atoms with Gasteiger partial charge in [-0.3, -0.25) is 25.5 Å². The summed E-state index contributed by atoms with van der Waals surface area (Å²) in [4.78, 5) is 49.9. The van der Waals surface area contributed by atoms with Gasteiger partial charge in [-0.2, -0.15) is 13.2 Å². The predicted molar refractivity (Wildman–Crippen MR) is 190 cm³/mol. The van der Waals surface area contributed by atoms with Gasteiger partial charge in [0.25, 0.3) is 5.69 Å². The zero-order chi connectivity index (χ0) is 39.7. The van der Waals surface area contributed by atoms with E-state index in [0.29, 0.717) is 30.5 Å². The van der Waals surface area contributed by atoms with Gasteiger partial charge in [0.05, 0.1) is 21.7 Å². The molecule has 18 heteroatoms. The minimum Gasteiger partial charge on any atom is -0.446 e. The molecule has 2 aromatic rings. The van der Waals surface area contributed by atoms with E-state index in [0.717, 1.165) is 17.2 Å². The number of carbonyl (C=O) groups is 3. The Balaban J connectivity index is 1.51. The summed E-state index contributed by atoms with van der Waals surface area (Å²) >= 11 is 6.66. The Morgan fingerprint density at radius 3 is 2.65 bits per heavy atom. The number of epoxide rings is 1. The van der Waals surface area contributed by atoms with Crippen LogP contribution in [0, 0.1) is 16.0 Å². The number of carbonyl (C=O) groups excluding carboxylic acids is 3. The van der Waals surface area contributed by atoms with Crippen molar-refractivity contribution in [2.75, 3.05) is 30.9 Å². The zero-order valence-corrected chi connectivity index (χ0v) is 30.7. The molecule has 0 aliphatic carbocycles. The maximum atomic E-state index is 13.6. The molecule has 3 heterocycles. The molecule has 5 rings (SSSR count). The van der Waals surface area contributed by atoms with Crippen LogP contribution in [-0.2, 0) is 31.5 Å². The largest absolute Gasteiger partial charge is 0.446 e. The number of nitrogens with zero attached hydrogens (tertiary/aromatic N) is 2. The average molecular weight is 781 g/mol. The summed E-state index contributed by atoms with van der Waals surface area (Å²) in [5.41, 5.74) is -3.90. The molecule has 0 radical (unpaired) electrons. The first-order valence-electron chi connectivity index (χ1n) is 16.9. The quantitative estimate of drug-likeness (QED) is 0.129. The summed E-state index contributed by atoms with van der Waals surface area (Å²) in [5.74, 6) is -0.588. The molecule has 2 amide bonds. The Hall–Kier alpha value is -4.71. The van der Waals surface area contributed by atoms with Crippen molar-refractivity contribution in [3.63, 3.8) is 0 Å². The highest BCUT2D eigenvalue weighted by atomic mass is 35.5. The Labute approximate surface area is 313 Å². The van der Waals surface area contributed by atoms with Gasteiger partial charge >= 0.3 is 18.4 Å². The lowest BCUT2D eigenvalue weighted by atomic mass is 9.83. The molecule has 54 heavy (non-hydrogen) atoms. The SMILES string of the molecule is CO[C@@H]1/C=C/C=C(\C)Cc2cc(C=O)c(Cl)c(c2)N(C)CC[C@H](OC(=O)Nc2ccc([N+](=O)[O-])c(C(F)(F)F)c2)[C@]2(C)O[C@H]2[C@H](C)[C@@H]2C[C@@]1(O)NC(=O)O2. The standard InChI is InChI=1S/C36H40ClF3N4O10/c1-19-7-6-8-29(51-5)35(48)17-27(52-33(47)42-35)20(2)31-34(3,54-31)28(11-12-43(4)26-15-21(13-19)14-22(18-45)30(26)37)53-32(46)41-23-9-10-25(44(49)50)24(16-23)36(38,39)40/h6-10,14-16,18,20,27-29,31,48H,11-13,17H2,1-5H3,(H,41,46)(H,42,47)/b8-6+,19-7+/t20-,27+,28+,29-,31+,34+,35+/m1/s1. The van der Waals surface area contributed by atoms with Gasteiger partial charge in [0.15, 0.2) is 12.0 Å². The number of fused-ring (bicyclic) bond motifs is 5. The fourth-order valence-corrected chi connectivity index (χ4v) is 7.31. The van der Waals surface area contributed by atoms with E-state index in [4.69, 9.17) is 30.5 Å². The van der Waals surface area contributed by atoms with Crippen molar-refractivity contribution in [1.29, 1.82) is 0 Å². The number of hydrogen-bond donors (Lipinski definition) is 3. The molecule has 0 saturated carbocycles. The molecule has 14 nitrogen and oxygen atoms in total. The summed E-state index contributed by atoms with van der Waals surface area (Å²) in [6.45, 7) is 5.43. The molecule has 3 N–H and O–H groups in total. The summed E-state index contributed by atoms with van der Waals surface area (Å²) in [5, 5.41) is 27.8. The van der Waals surface area contributed by atoms with E-state index in [2.05, 4.69) is 10.6 Å². The molecule has 0 aromatic heterocycles. The number of amides is 2. The zero-order valence-electron chi connectivity index (χ0n) is 29.9. The molecular formula is C36H40ClF3N4O10. The number of nitro benzene ring substituents is 1. The minimum atomic E-state index is -5.09. The number of benzene rings is 2. The molecule has 2 aromatic carbocycles. The molecular weight excluding hydrogens is 741 g/mol. The number of alkyl carbamates (subject to hydrolysis) is 1. The molecule has 7 atom stereocenters. The van der Waals surface area contributed by atoms with Crippen LogP contribution in [0.3, 0.4) is 0 Å². The van der Waals surface area contributed by atoms with Gasteiger partial charge in [-0.1, -0.05) is 42.3 Å². The fourth-order valence-electron chi connectivity index (χ4n) is 7.01. The first-order chi connectivity index (χ1) is 25.3. The maximum absolute atomic E-state index is 13.6. The summed E-state index contributed by atoms with van der Waals surface area (Å²) in [6.07, 6.45) is -4.78. The van der Waals surface area contributed by atoms with Gasteiger partial charge in [-0.15, -0.1) is 0 Å². The van der Waals surface area contributed by atoms with E-state index >= 15 is 0 Å². The van der Waals surface area contributed by atoms with Gasteiger partial charge in [0, 0.05) is 56.8 Å². The number of ether oxygens (including phenoxy) is 4. The van der Waals surface area contributed by atoms with Gasteiger partial charge in [-0.05, 0) is 50.1 Å². The second-order valence-electron chi connectivity index (χ2n) is 13.9. The topological polar surface area (TPSA) is 182 Å². The third kappa shape index (κ3) is 8.64. The highest BCUT2D eigenvalue weighted by Crippen LogP contribution is 2.49. The number of rotatable bonds is 5. The number of anilines is 2. The van der Waals surface area contributed by atoms with E-state index in [9.17, 15) is 42.8 Å². The second kappa shape index (κ2) is 15.6. The Kier molecular flexibility index (Phi) is 11.7. The van der Waals surface area contributed by atoms with Crippen LogP contribution < -0.4 is 15.5 Å². The van der Waals surface area contributed by atoms with Crippen LogP contribution in [-0.4, -0.2) is 84.9 Å². The summed E-state index contributed by atoms with van der Waals surface area (Å²) < 4.78 is 64.1. The lowest BCUT2D eigenvalue weighted by Gasteiger charge is -2.42. The van der Waals surface area contributed by atoms with Gasteiger partial charge in [0.1, 0.15) is 29.5 Å². The Morgan fingerprint density at radius 1 is 1.28 bits per heavy atom. The number of nitrogens with one attached hydrogen (secondary N) is 2. The van der Waals surface area contributed by atoms with Crippen molar-refractivity contribution >= 4 is 47.1 Å². The van der Waals surface area contributed by atoms with Crippen LogP contribution in [0.1, 0.15) is 55.1 Å². The first-order valence-corrected chi connectivity index (χ1v) is 17.2. The van der Waals surface area contributed by atoms with Crippen LogP contribution in [0.4, 0.5) is 39.8 Å². The number of hydrogen-bond acceptors (Lipinski definition) is 11. The summed E-state index contributed by atoms with van der Waals surface area (Å²) in [7, 11) is 3.09. The number of alkyl halides is 3. The van der Waals surface area contributed by atoms with Crippen molar-refractivity contribution in [3.8, 4) is 0 Å². The highest BCUT2D eigenvalue weighted by molar-refractivity contribution is 6.35. The van der Waals surface area contributed by atoms with Crippen molar-refractivity contribution in [3.05, 3.63) is 86.0 Å². The van der Waals surface area contributed by atoms with E-state index < -0.39 is 81.9 Å². The monoisotopic (exact) mass is 780 g/mol. The lowest BCUT2D eigenvalue weighted by Crippen LogP contribution is -2.63. The van der Waals surface area contributed by atoms with E-state index in [1.807, 2.05) is 13.0 Å². The van der Waals surface area contributed by atoms with E-state index in [1.54, 1.807) is 50.1 Å². The van der Waals surface area contributed by atoms with Crippen LogP contribution in [0.25, 0.3) is 0 Å². The van der Waals surface area contributed by atoms with Crippen molar-refractivity contribution in [2.24, 2.45) is 5.92 Å². The minimum absolute atomic E-state index is 0.0687. The van der Waals surface area contributed by atoms with Crippen molar-refractivity contribution < 1.29 is 56.5 Å². The normalized spacial score (nSPS) is 30.4. The second-order valence-corrected chi connectivity index (χ2v) is 14.2. The van der Waals surface area contributed by atoms with Gasteiger partial charge < -0.3 is 29.0 Å². The first kappa shape index (κ1) is 40.5. The lowest BCUT2D eigenvalue weighted by molar-refractivity contribution is -0.388. The Morgan fingerprint density at radius 2 is 2.00 bits per heavy atom. The highest BCUT2D eigenvalue weighted by Gasteiger charge is 2.64. The third-order valence-electron chi connectivity index (χ3n) is 9.96. The fraction of sp³-hybridized carbons (Fsp3) is 0.472. The number of halogens is 4. The molecule has 292 valence electrons. The van der Waals surface area contributed by atoms with E-state index in [1.165, 1.54) is 7.11 Å². The molecule has 3 aliphatic rings. The number of allylic oxidation sites excluding steroid dienone is 3. The number of aldehydes is 1.